The van der Waals surface area contributed by atoms with Gasteiger partial charge in [-0.15, -0.1) is 5.10 Å². The van der Waals surface area contributed by atoms with Crippen molar-refractivity contribution in [2.45, 2.75) is 63.2 Å². The molecule has 54 heavy (non-hydrogen) atoms. The molecule has 0 bridgehead atoms. The van der Waals surface area contributed by atoms with Crippen molar-refractivity contribution in [1.82, 2.24) is 15.0 Å². The highest BCUT2D eigenvalue weighted by Crippen LogP contribution is 2.60. The number of anilines is 2. The minimum Gasteiger partial charge on any atom is -0.497 e. The van der Waals surface area contributed by atoms with Gasteiger partial charge in [0.1, 0.15) is 11.5 Å². The van der Waals surface area contributed by atoms with E-state index in [4.69, 9.17) is 14.2 Å². The van der Waals surface area contributed by atoms with E-state index >= 15 is 4.79 Å². The van der Waals surface area contributed by atoms with Crippen molar-refractivity contribution in [3.05, 3.63) is 126 Å². The highest BCUT2D eigenvalue weighted by Gasteiger charge is 2.66. The lowest BCUT2D eigenvalue weighted by molar-refractivity contribution is -0.146. The first-order valence-electron chi connectivity index (χ1n) is 18.4. The number of methoxy groups -OCH3 is 2. The molecule has 0 unspecified atom stereocenters. The lowest BCUT2D eigenvalue weighted by atomic mass is 9.82. The van der Waals surface area contributed by atoms with E-state index in [9.17, 15) is 9.90 Å². The van der Waals surface area contributed by atoms with Crippen LogP contribution >= 0.6 is 0 Å². The Balaban J connectivity index is 1.20. The van der Waals surface area contributed by atoms with Crippen molar-refractivity contribution >= 4 is 36.4 Å². The molecule has 0 aliphatic carbocycles. The summed E-state index contributed by atoms with van der Waals surface area (Å²) in [5, 5.41) is 22.2. The summed E-state index contributed by atoms with van der Waals surface area (Å²) in [5.74, 6) is 1.01. The van der Waals surface area contributed by atoms with Crippen LogP contribution in [0.5, 0.6) is 11.5 Å². The van der Waals surface area contributed by atoms with E-state index in [1.165, 1.54) is 5.19 Å². The van der Waals surface area contributed by atoms with Crippen molar-refractivity contribution in [3.8, 4) is 11.5 Å². The average molecular weight is 746 g/mol. The van der Waals surface area contributed by atoms with Crippen LogP contribution in [0.25, 0.3) is 0 Å². The number of aromatic nitrogens is 3. The molecule has 0 saturated carbocycles. The normalized spacial score (nSPS) is 20.7. The molecule has 1 fully saturated rings. The molecule has 12 heteroatoms. The number of carbonyl (C=O) groups excluding carboxylic acids is 2. The Bertz CT molecular complexity index is 2120. The summed E-state index contributed by atoms with van der Waals surface area (Å²) in [5.41, 5.74) is 3.35. The van der Waals surface area contributed by atoms with Crippen molar-refractivity contribution in [3.63, 3.8) is 0 Å². The van der Waals surface area contributed by atoms with Crippen LogP contribution in [0.15, 0.2) is 103 Å². The van der Waals surface area contributed by atoms with Crippen molar-refractivity contribution in [2.24, 2.45) is 5.92 Å². The number of hydrogen-bond donors (Lipinski definition) is 2. The van der Waals surface area contributed by atoms with E-state index < -0.39 is 13.7 Å². The van der Waals surface area contributed by atoms with Crippen LogP contribution in [0.3, 0.4) is 0 Å². The quantitative estimate of drug-likeness (QED) is 0.142. The summed E-state index contributed by atoms with van der Waals surface area (Å²) >= 11 is 0. The number of ether oxygens (including phenoxy) is 3. The SMILES string of the molecule is COc1ccc(C(=O)Nc2cccc(CN3C(=O)[C@@]4(O[C@@H](CCn5cc(CCO)nn5)[C@H]([Si](C)(C)c5ccc(OC)cc5)[C@H]4C)c4ccccc43)c2)cc1. The number of fused-ring (bicyclic) bond motifs is 2. The molecule has 1 aromatic heterocycles. The van der Waals surface area contributed by atoms with E-state index in [0.29, 0.717) is 42.9 Å². The fourth-order valence-corrected chi connectivity index (χ4v) is 12.6. The van der Waals surface area contributed by atoms with Crippen LogP contribution in [0.4, 0.5) is 11.4 Å². The molecule has 4 atom stereocenters. The number of para-hydroxylation sites is 1. The van der Waals surface area contributed by atoms with Crippen LogP contribution in [-0.4, -0.2) is 66.9 Å². The first-order valence-corrected chi connectivity index (χ1v) is 21.4. The second kappa shape index (κ2) is 15.2. The Hall–Kier alpha value is -5.30. The van der Waals surface area contributed by atoms with Gasteiger partial charge in [-0.1, -0.05) is 72.9 Å². The Labute approximate surface area is 316 Å². The molecule has 1 saturated heterocycles. The van der Waals surface area contributed by atoms with E-state index in [2.05, 4.69) is 47.8 Å². The maximum Gasteiger partial charge on any atom is 0.264 e. The monoisotopic (exact) mass is 745 g/mol. The zero-order valence-electron chi connectivity index (χ0n) is 31.4. The molecule has 11 nitrogen and oxygen atoms in total. The average Bonchev–Trinajstić information content (AvgIpc) is 3.84. The molecule has 280 valence electrons. The molecule has 5 aromatic rings. The maximum absolute atomic E-state index is 15.2. The molecule has 0 radical (unpaired) electrons. The van der Waals surface area contributed by atoms with Gasteiger partial charge in [0, 0.05) is 48.5 Å². The summed E-state index contributed by atoms with van der Waals surface area (Å²) in [4.78, 5) is 30.1. The van der Waals surface area contributed by atoms with Gasteiger partial charge in [0.05, 0.1) is 46.3 Å². The summed E-state index contributed by atoms with van der Waals surface area (Å²) in [6.07, 6.45) is 2.70. The minimum atomic E-state index is -2.33. The van der Waals surface area contributed by atoms with Gasteiger partial charge in [-0.05, 0) is 72.1 Å². The number of benzene rings is 4. The van der Waals surface area contributed by atoms with E-state index in [-0.39, 0.29) is 36.0 Å². The van der Waals surface area contributed by atoms with Crippen molar-refractivity contribution < 1.29 is 28.9 Å². The molecule has 2 N–H and O–H groups in total. The van der Waals surface area contributed by atoms with Gasteiger partial charge >= 0.3 is 0 Å². The Morgan fingerprint density at radius 3 is 2.37 bits per heavy atom. The number of amides is 2. The lowest BCUT2D eigenvalue weighted by Gasteiger charge is -2.37. The van der Waals surface area contributed by atoms with E-state index in [1.807, 2.05) is 71.8 Å². The van der Waals surface area contributed by atoms with Gasteiger partial charge < -0.3 is 29.5 Å². The van der Waals surface area contributed by atoms with Crippen LogP contribution in [-0.2, 0) is 34.6 Å². The zero-order valence-corrected chi connectivity index (χ0v) is 32.4. The highest BCUT2D eigenvalue weighted by molar-refractivity contribution is 6.91. The largest absolute Gasteiger partial charge is 0.497 e. The molecule has 2 amide bonds. The van der Waals surface area contributed by atoms with Crippen LogP contribution < -0.4 is 24.9 Å². The summed E-state index contributed by atoms with van der Waals surface area (Å²) < 4.78 is 19.8. The number of rotatable bonds is 13. The number of nitrogens with one attached hydrogen (secondary N) is 1. The molecule has 3 heterocycles. The van der Waals surface area contributed by atoms with Gasteiger partial charge in [-0.3, -0.25) is 14.3 Å². The summed E-state index contributed by atoms with van der Waals surface area (Å²) in [6, 6.07) is 30.9. The third-order valence-corrected chi connectivity index (χ3v) is 15.6. The third kappa shape index (κ3) is 6.81. The third-order valence-electron chi connectivity index (χ3n) is 11.2. The molecule has 4 aromatic carbocycles. The first-order chi connectivity index (χ1) is 26.1. The van der Waals surface area contributed by atoms with E-state index in [0.717, 1.165) is 28.3 Å². The molecule has 7 rings (SSSR count). The predicted molar refractivity (Wildman–Crippen MR) is 210 cm³/mol. The van der Waals surface area contributed by atoms with Gasteiger partial charge in [0.25, 0.3) is 11.8 Å². The lowest BCUT2D eigenvalue weighted by Crippen LogP contribution is -2.51. The predicted octanol–water partition coefficient (Wildman–Crippen LogP) is 5.94. The number of aryl methyl sites for hydroxylation is 1. The topological polar surface area (TPSA) is 128 Å². The summed E-state index contributed by atoms with van der Waals surface area (Å²) in [7, 11) is 0.930. The van der Waals surface area contributed by atoms with Crippen LogP contribution in [0, 0.1) is 5.92 Å². The molecule has 2 aliphatic heterocycles. The highest BCUT2D eigenvalue weighted by atomic mass is 28.3. The molecular formula is C42H47N5O6Si. The number of aliphatic hydroxyl groups is 1. The van der Waals surface area contributed by atoms with Gasteiger partial charge in [0.2, 0.25) is 0 Å². The Morgan fingerprint density at radius 1 is 0.963 bits per heavy atom. The van der Waals surface area contributed by atoms with Crippen molar-refractivity contribution in [1.29, 1.82) is 0 Å². The maximum atomic E-state index is 15.2. The van der Waals surface area contributed by atoms with Crippen LogP contribution in [0.2, 0.25) is 18.6 Å². The second-order valence-electron chi connectivity index (χ2n) is 14.7. The number of hydrogen-bond acceptors (Lipinski definition) is 8. The molecular weight excluding hydrogens is 699 g/mol. The molecule has 2 aliphatic rings. The van der Waals surface area contributed by atoms with Gasteiger partial charge in [-0.2, -0.15) is 0 Å². The van der Waals surface area contributed by atoms with Gasteiger partial charge in [0.15, 0.2) is 5.60 Å². The number of nitrogens with zero attached hydrogens (tertiary/aromatic N) is 4. The van der Waals surface area contributed by atoms with E-state index in [1.54, 1.807) is 43.2 Å². The summed E-state index contributed by atoms with van der Waals surface area (Å²) in [6.45, 7) is 7.80. The Morgan fingerprint density at radius 2 is 1.67 bits per heavy atom. The van der Waals surface area contributed by atoms with Crippen molar-refractivity contribution in [2.75, 3.05) is 31.0 Å². The molecule has 1 spiro atoms. The smallest absolute Gasteiger partial charge is 0.264 e. The number of carbonyl (C=O) groups is 2. The second-order valence-corrected chi connectivity index (χ2v) is 19.4. The first kappa shape index (κ1) is 37.0. The Kier molecular flexibility index (Phi) is 10.4. The minimum absolute atomic E-state index is 0.00877. The van der Waals surface area contributed by atoms with Crippen LogP contribution in [0.1, 0.15) is 40.5 Å². The fraction of sp³-hybridized carbons (Fsp3) is 0.333. The van der Waals surface area contributed by atoms with Gasteiger partial charge in [-0.25, -0.2) is 0 Å². The standard InChI is InChI=1S/C42H47N5O6Si/c1-28-39(54(4,5)35-19-17-34(52-3)18-20-35)38(21-23-46-27-32(22-24-48)44-45-46)53-42(28)36-11-6-7-12-37(36)47(41(42)50)26-29-9-8-10-31(25-29)43-40(49)30-13-15-33(51-2)16-14-30/h6-20,25,27-28,38-39,48H,21-24,26H2,1-5H3,(H,43,49)/t28-,38+,39-,42+/m1/s1. The fourth-order valence-electron chi connectivity index (χ4n) is 8.51. The number of aliphatic hydroxyl groups excluding tert-OH is 1. The zero-order chi connectivity index (χ0) is 38.0.